The molecule has 0 spiro atoms. The molecule has 0 radical (unpaired) electrons. The largest absolute Gasteiger partial charge is 0.494 e. The van der Waals surface area contributed by atoms with Gasteiger partial charge >= 0.3 is 0 Å². The maximum atomic E-state index is 11.7. The molecule has 4 heteroatoms. The highest BCUT2D eigenvalue weighted by atomic mass is 16.5. The molecular formula is C13H12N2O2. The first kappa shape index (κ1) is 12.7. The van der Waals surface area contributed by atoms with E-state index in [0.29, 0.717) is 17.9 Å². The Morgan fingerprint density at radius 3 is 2.71 bits per heavy atom. The number of benzene rings is 1. The summed E-state index contributed by atoms with van der Waals surface area (Å²) < 4.78 is 5.37. The van der Waals surface area contributed by atoms with Crippen LogP contribution in [0, 0.1) is 28.6 Å². The van der Waals surface area contributed by atoms with Crippen molar-refractivity contribution >= 4 is 5.78 Å². The Hall–Kier alpha value is -2.33. The highest BCUT2D eigenvalue weighted by Gasteiger charge is 2.19. The molecule has 17 heavy (non-hydrogen) atoms. The summed E-state index contributed by atoms with van der Waals surface area (Å²) in [5, 5.41) is 17.3. The Morgan fingerprint density at radius 2 is 2.12 bits per heavy atom. The lowest BCUT2D eigenvalue weighted by molar-refractivity contribution is 0.0970. The summed E-state index contributed by atoms with van der Waals surface area (Å²) in [6, 6.07) is 9.86. The van der Waals surface area contributed by atoms with Crippen molar-refractivity contribution in [2.75, 3.05) is 6.61 Å². The molecule has 0 N–H and O–H groups in total. The zero-order valence-electron chi connectivity index (χ0n) is 9.51. The van der Waals surface area contributed by atoms with Gasteiger partial charge in [0.15, 0.2) is 11.7 Å². The summed E-state index contributed by atoms with van der Waals surface area (Å²) in [6.07, 6.45) is 0.872. The van der Waals surface area contributed by atoms with Gasteiger partial charge in [0.25, 0.3) is 0 Å². The number of hydrogen-bond acceptors (Lipinski definition) is 4. The van der Waals surface area contributed by atoms with E-state index in [4.69, 9.17) is 15.3 Å². The predicted octanol–water partition coefficient (Wildman–Crippen LogP) is 2.32. The Labute approximate surface area is 100 Å². The maximum absolute atomic E-state index is 11.7. The highest BCUT2D eigenvalue weighted by molar-refractivity contribution is 6.01. The zero-order valence-corrected chi connectivity index (χ0v) is 9.51. The number of hydrogen-bond donors (Lipinski definition) is 0. The molecule has 0 bridgehead atoms. The Bertz CT molecular complexity index is 469. The van der Waals surface area contributed by atoms with Crippen LogP contribution < -0.4 is 4.74 Å². The van der Waals surface area contributed by atoms with Crippen LogP contribution in [0.25, 0.3) is 0 Å². The quantitative estimate of drug-likeness (QED) is 0.725. The molecule has 1 aromatic rings. The van der Waals surface area contributed by atoms with Gasteiger partial charge in [-0.1, -0.05) is 19.1 Å². The number of Topliss-reactive ketones (excluding diaryl/α,β-unsaturated/α-hetero) is 1. The number of carbonyl (C=O) groups excluding carboxylic acids is 1. The van der Waals surface area contributed by atoms with Crippen LogP contribution in [0.2, 0.25) is 0 Å². The molecule has 0 heterocycles. The van der Waals surface area contributed by atoms with Gasteiger partial charge in [-0.3, -0.25) is 4.79 Å². The van der Waals surface area contributed by atoms with Gasteiger partial charge in [0.1, 0.15) is 5.75 Å². The molecule has 0 fully saturated rings. The van der Waals surface area contributed by atoms with E-state index in [9.17, 15) is 4.79 Å². The number of nitrogens with zero attached hydrogens (tertiary/aromatic N) is 2. The third kappa shape index (κ3) is 3.32. The van der Waals surface area contributed by atoms with Crippen molar-refractivity contribution in [3.63, 3.8) is 0 Å². The van der Waals surface area contributed by atoms with Crippen molar-refractivity contribution in [1.82, 2.24) is 0 Å². The minimum absolute atomic E-state index is 0.326. The molecule has 4 nitrogen and oxygen atoms in total. The molecule has 0 unspecified atom stereocenters. The molecular weight excluding hydrogens is 216 g/mol. The Morgan fingerprint density at radius 1 is 1.41 bits per heavy atom. The molecule has 0 aromatic heterocycles. The molecule has 1 rings (SSSR count). The van der Waals surface area contributed by atoms with E-state index in [1.807, 2.05) is 6.92 Å². The van der Waals surface area contributed by atoms with Crippen molar-refractivity contribution in [3.05, 3.63) is 29.8 Å². The van der Waals surface area contributed by atoms with Gasteiger partial charge < -0.3 is 4.74 Å². The van der Waals surface area contributed by atoms with Gasteiger partial charge in [-0.2, -0.15) is 10.5 Å². The molecule has 0 aliphatic heterocycles. The molecule has 0 aliphatic carbocycles. The van der Waals surface area contributed by atoms with Crippen LogP contribution in [0.4, 0.5) is 0 Å². The second kappa shape index (κ2) is 6.30. The molecule has 86 valence electrons. The average Bonchev–Trinajstić information content (AvgIpc) is 2.38. The van der Waals surface area contributed by atoms with E-state index in [1.54, 1.807) is 36.4 Å². The molecule has 1 aromatic carbocycles. The van der Waals surface area contributed by atoms with Crippen LogP contribution in [0.15, 0.2) is 24.3 Å². The van der Waals surface area contributed by atoms with Crippen molar-refractivity contribution < 1.29 is 9.53 Å². The molecule has 0 amide bonds. The lowest BCUT2D eigenvalue weighted by Gasteiger charge is -2.06. The maximum Gasteiger partial charge on any atom is 0.195 e. The second-order valence-corrected chi connectivity index (χ2v) is 3.43. The first-order valence-corrected chi connectivity index (χ1v) is 5.29. The SMILES string of the molecule is CCCOc1cccc(C(=O)C(C#N)C#N)c1. The number of nitriles is 2. The highest BCUT2D eigenvalue weighted by Crippen LogP contribution is 2.16. The van der Waals surface area contributed by atoms with Crippen molar-refractivity contribution in [1.29, 1.82) is 10.5 Å². The first-order chi connectivity index (χ1) is 8.22. The summed E-state index contributed by atoms with van der Waals surface area (Å²) in [4.78, 5) is 11.7. The third-order valence-electron chi connectivity index (χ3n) is 2.11. The number of rotatable bonds is 5. The predicted molar refractivity (Wildman–Crippen MR) is 61.3 cm³/mol. The fourth-order valence-electron chi connectivity index (χ4n) is 1.27. The topological polar surface area (TPSA) is 73.9 Å². The summed E-state index contributed by atoms with van der Waals surface area (Å²) in [5.74, 6) is -1.17. The number of ketones is 1. The second-order valence-electron chi connectivity index (χ2n) is 3.43. The van der Waals surface area contributed by atoms with Crippen LogP contribution >= 0.6 is 0 Å². The molecule has 0 saturated heterocycles. The fourth-order valence-corrected chi connectivity index (χ4v) is 1.27. The van der Waals surface area contributed by atoms with E-state index in [1.165, 1.54) is 0 Å². The van der Waals surface area contributed by atoms with E-state index < -0.39 is 11.7 Å². The summed E-state index contributed by atoms with van der Waals surface area (Å²) in [6.45, 7) is 2.55. The van der Waals surface area contributed by atoms with E-state index in [-0.39, 0.29) is 0 Å². The van der Waals surface area contributed by atoms with Gasteiger partial charge in [0.05, 0.1) is 18.7 Å². The summed E-state index contributed by atoms with van der Waals surface area (Å²) >= 11 is 0. The first-order valence-electron chi connectivity index (χ1n) is 5.29. The Kier molecular flexibility index (Phi) is 4.72. The van der Waals surface area contributed by atoms with E-state index >= 15 is 0 Å². The van der Waals surface area contributed by atoms with Crippen LogP contribution in [0.5, 0.6) is 5.75 Å². The number of ether oxygens (including phenoxy) is 1. The fraction of sp³-hybridized carbons (Fsp3) is 0.308. The molecule has 0 saturated carbocycles. The minimum atomic E-state index is -1.25. The van der Waals surface area contributed by atoms with Crippen molar-refractivity contribution in [2.45, 2.75) is 13.3 Å². The van der Waals surface area contributed by atoms with Gasteiger partial charge in [-0.15, -0.1) is 0 Å². The number of carbonyl (C=O) groups is 1. The Balaban J connectivity index is 2.89. The van der Waals surface area contributed by atoms with Crippen LogP contribution in [0.3, 0.4) is 0 Å². The zero-order chi connectivity index (χ0) is 12.7. The van der Waals surface area contributed by atoms with Gasteiger partial charge in [0, 0.05) is 5.56 Å². The van der Waals surface area contributed by atoms with E-state index in [0.717, 1.165) is 6.42 Å². The van der Waals surface area contributed by atoms with Crippen molar-refractivity contribution in [2.24, 2.45) is 5.92 Å². The molecule has 0 atom stereocenters. The lowest BCUT2D eigenvalue weighted by Crippen LogP contribution is -2.11. The van der Waals surface area contributed by atoms with E-state index in [2.05, 4.69) is 0 Å². The molecule has 0 aliphatic rings. The van der Waals surface area contributed by atoms with Crippen LogP contribution in [-0.2, 0) is 0 Å². The van der Waals surface area contributed by atoms with Gasteiger partial charge in [0.2, 0.25) is 0 Å². The summed E-state index contributed by atoms with van der Waals surface area (Å²) in [7, 11) is 0. The van der Waals surface area contributed by atoms with Crippen LogP contribution in [-0.4, -0.2) is 12.4 Å². The lowest BCUT2D eigenvalue weighted by atomic mass is 10.0. The minimum Gasteiger partial charge on any atom is -0.494 e. The third-order valence-corrected chi connectivity index (χ3v) is 2.11. The average molecular weight is 228 g/mol. The normalized spacial score (nSPS) is 9.41. The van der Waals surface area contributed by atoms with Crippen LogP contribution in [0.1, 0.15) is 23.7 Å². The monoisotopic (exact) mass is 228 g/mol. The summed E-state index contributed by atoms with van der Waals surface area (Å²) in [5.41, 5.74) is 0.326. The standard InChI is InChI=1S/C13H12N2O2/c1-2-6-17-12-5-3-4-10(7-12)13(16)11(8-14)9-15/h3-5,7,11H,2,6H2,1H3. The van der Waals surface area contributed by atoms with Crippen molar-refractivity contribution in [3.8, 4) is 17.9 Å². The van der Waals surface area contributed by atoms with Gasteiger partial charge in [-0.05, 0) is 18.6 Å². The van der Waals surface area contributed by atoms with Gasteiger partial charge in [-0.25, -0.2) is 0 Å². The smallest absolute Gasteiger partial charge is 0.195 e.